The predicted octanol–water partition coefficient (Wildman–Crippen LogP) is 2.23. The number of rotatable bonds is 5. The van der Waals surface area contributed by atoms with Crippen molar-refractivity contribution in [1.82, 2.24) is 0 Å². The second kappa shape index (κ2) is 6.44. The van der Waals surface area contributed by atoms with Gasteiger partial charge in [-0.1, -0.05) is 6.08 Å². The Morgan fingerprint density at radius 3 is 2.53 bits per heavy atom. The monoisotopic (exact) mass is 224 g/mol. The number of unbranched alkanes of at least 4 members (excludes halogenated alkanes) is 1. The zero-order valence-corrected chi connectivity index (χ0v) is 8.53. The second-order valence-corrected chi connectivity index (χ2v) is 3.00. The van der Waals surface area contributed by atoms with E-state index in [2.05, 4.69) is 0 Å². The van der Waals surface area contributed by atoms with Crippen molar-refractivity contribution in [2.45, 2.75) is 25.9 Å². The van der Waals surface area contributed by atoms with E-state index < -0.39 is 11.7 Å². The summed E-state index contributed by atoms with van der Waals surface area (Å²) in [5.74, 6) is -0.0495. The quantitative estimate of drug-likeness (QED) is 0.325. The molecular weight excluding hydrogens is 209 g/mol. The molecule has 15 heavy (non-hydrogen) atoms. The Balaban J connectivity index is 3.67. The zero-order valence-electron chi connectivity index (χ0n) is 8.53. The molecule has 0 aliphatic rings. The molecule has 3 nitrogen and oxygen atoms in total. The molecule has 0 aromatic carbocycles. The minimum absolute atomic E-state index is 0.0113. The Hall–Kier alpha value is -1.04. The highest BCUT2D eigenvalue weighted by atomic mass is 19.4. The largest absolute Gasteiger partial charge is 0.480 e. The third-order valence-electron chi connectivity index (χ3n) is 1.71. The molecule has 0 saturated heterocycles. The number of alkyl halides is 3. The highest BCUT2D eigenvalue weighted by Gasteiger charge is 2.29. The van der Waals surface area contributed by atoms with Crippen LogP contribution in [0.2, 0.25) is 0 Å². The number of nitrogens with one attached hydrogen (secondary N) is 1. The van der Waals surface area contributed by atoms with Gasteiger partial charge in [-0.2, -0.15) is 13.2 Å². The Morgan fingerprint density at radius 2 is 2.07 bits per heavy atom. The van der Waals surface area contributed by atoms with Crippen molar-refractivity contribution >= 4 is 5.90 Å². The molecule has 0 aliphatic carbocycles. The van der Waals surface area contributed by atoms with Crippen LogP contribution in [0, 0.1) is 5.41 Å². The molecule has 0 bridgehead atoms. The van der Waals surface area contributed by atoms with E-state index in [1.165, 1.54) is 0 Å². The number of hydrogen-bond donors (Lipinski definition) is 2. The number of halogens is 3. The molecule has 3 N–H and O–H groups in total. The van der Waals surface area contributed by atoms with Gasteiger partial charge in [0.25, 0.3) is 0 Å². The van der Waals surface area contributed by atoms with Crippen LogP contribution in [0.1, 0.15) is 19.8 Å². The topological polar surface area (TPSA) is 59.1 Å². The molecule has 0 saturated carbocycles. The lowest BCUT2D eigenvalue weighted by molar-refractivity contribution is -0.0915. The van der Waals surface area contributed by atoms with Crippen LogP contribution in [0.25, 0.3) is 0 Å². The average Bonchev–Trinajstić information content (AvgIpc) is 2.15. The Morgan fingerprint density at radius 1 is 1.47 bits per heavy atom. The van der Waals surface area contributed by atoms with E-state index in [1.807, 2.05) is 0 Å². The summed E-state index contributed by atoms with van der Waals surface area (Å²) in [6, 6.07) is 0. The molecule has 0 aromatic heterocycles. The number of allylic oxidation sites excluding steroid dienone is 2. The van der Waals surface area contributed by atoms with Crippen molar-refractivity contribution < 1.29 is 17.9 Å². The fourth-order valence-electron chi connectivity index (χ4n) is 0.772. The smallest absolute Gasteiger partial charge is 0.412 e. The molecule has 0 aliphatic heterocycles. The molecule has 0 heterocycles. The van der Waals surface area contributed by atoms with Crippen molar-refractivity contribution in [2.75, 3.05) is 13.2 Å². The summed E-state index contributed by atoms with van der Waals surface area (Å²) in [6.07, 6.45) is -2.40. The third-order valence-corrected chi connectivity index (χ3v) is 1.71. The summed E-state index contributed by atoms with van der Waals surface area (Å²) in [5, 5.41) is 7.01. The molecule has 0 rings (SSSR count). The Labute approximate surface area is 86.6 Å². The zero-order chi connectivity index (χ0) is 11.9. The van der Waals surface area contributed by atoms with Crippen molar-refractivity contribution in [3.05, 3.63) is 11.6 Å². The summed E-state index contributed by atoms with van der Waals surface area (Å²) in [5.41, 5.74) is 4.48. The van der Waals surface area contributed by atoms with Crippen molar-refractivity contribution in [2.24, 2.45) is 5.73 Å². The molecule has 0 spiro atoms. The van der Waals surface area contributed by atoms with Crippen LogP contribution in [0.15, 0.2) is 11.6 Å². The van der Waals surface area contributed by atoms with Gasteiger partial charge >= 0.3 is 6.18 Å². The maximum atomic E-state index is 12.0. The van der Waals surface area contributed by atoms with Gasteiger partial charge in [-0.25, -0.2) is 0 Å². The SMILES string of the molecule is C/C(=C/CCCOC(=N)CN)C(F)(F)F. The first-order valence-corrected chi connectivity index (χ1v) is 4.52. The summed E-state index contributed by atoms with van der Waals surface area (Å²) in [6.45, 7) is 1.26. The molecule has 0 aromatic rings. The van der Waals surface area contributed by atoms with Gasteiger partial charge in [0.05, 0.1) is 13.2 Å². The van der Waals surface area contributed by atoms with Gasteiger partial charge < -0.3 is 10.5 Å². The van der Waals surface area contributed by atoms with Gasteiger partial charge in [-0.15, -0.1) is 0 Å². The molecule has 0 unspecified atom stereocenters. The Bertz CT molecular complexity index is 236. The van der Waals surface area contributed by atoms with Gasteiger partial charge in [0.1, 0.15) is 0 Å². The van der Waals surface area contributed by atoms with Gasteiger partial charge in [0, 0.05) is 5.57 Å². The van der Waals surface area contributed by atoms with Gasteiger partial charge in [-0.05, 0) is 19.8 Å². The molecule has 6 heteroatoms. The number of nitrogens with two attached hydrogens (primary N) is 1. The number of ether oxygens (including phenoxy) is 1. The molecule has 0 radical (unpaired) electrons. The van der Waals surface area contributed by atoms with E-state index in [-0.39, 0.29) is 25.5 Å². The first-order valence-electron chi connectivity index (χ1n) is 4.52. The average molecular weight is 224 g/mol. The molecule has 0 amide bonds. The van der Waals surface area contributed by atoms with Crippen LogP contribution in [-0.4, -0.2) is 25.2 Å². The minimum Gasteiger partial charge on any atom is -0.480 e. The van der Waals surface area contributed by atoms with Crippen LogP contribution >= 0.6 is 0 Å². The van der Waals surface area contributed by atoms with Crippen LogP contribution in [0.4, 0.5) is 13.2 Å². The van der Waals surface area contributed by atoms with E-state index in [9.17, 15) is 13.2 Å². The predicted molar refractivity (Wildman–Crippen MR) is 51.8 cm³/mol. The maximum absolute atomic E-state index is 12.0. The summed E-state index contributed by atoms with van der Waals surface area (Å²) in [7, 11) is 0. The summed E-state index contributed by atoms with van der Waals surface area (Å²) < 4.78 is 40.8. The highest BCUT2D eigenvalue weighted by Crippen LogP contribution is 2.25. The molecule has 88 valence electrons. The van der Waals surface area contributed by atoms with Crippen LogP contribution in [-0.2, 0) is 4.74 Å². The molecular formula is C9H15F3N2O. The summed E-state index contributed by atoms with van der Waals surface area (Å²) in [4.78, 5) is 0. The lowest BCUT2D eigenvalue weighted by atomic mass is 10.2. The fourth-order valence-corrected chi connectivity index (χ4v) is 0.772. The van der Waals surface area contributed by atoms with Crippen LogP contribution < -0.4 is 5.73 Å². The normalized spacial score (nSPS) is 12.7. The Kier molecular flexibility index (Phi) is 6.00. The van der Waals surface area contributed by atoms with Gasteiger partial charge in [0.15, 0.2) is 5.90 Å². The van der Waals surface area contributed by atoms with Crippen molar-refractivity contribution in [3.63, 3.8) is 0 Å². The molecule has 0 fully saturated rings. The van der Waals surface area contributed by atoms with Crippen molar-refractivity contribution in [1.29, 1.82) is 5.41 Å². The van der Waals surface area contributed by atoms with Gasteiger partial charge in [-0.3, -0.25) is 5.41 Å². The van der Waals surface area contributed by atoms with Crippen LogP contribution in [0.3, 0.4) is 0 Å². The van der Waals surface area contributed by atoms with E-state index in [4.69, 9.17) is 15.9 Å². The lowest BCUT2D eigenvalue weighted by Gasteiger charge is -2.06. The lowest BCUT2D eigenvalue weighted by Crippen LogP contribution is -2.16. The summed E-state index contributed by atoms with van der Waals surface area (Å²) >= 11 is 0. The second-order valence-electron chi connectivity index (χ2n) is 3.00. The van der Waals surface area contributed by atoms with E-state index in [1.54, 1.807) is 0 Å². The van der Waals surface area contributed by atoms with Gasteiger partial charge in [0.2, 0.25) is 0 Å². The minimum atomic E-state index is -4.25. The standard InChI is InChI=1S/C9H15F3N2O/c1-7(9(10,11)12)4-2-3-5-15-8(14)6-13/h4,14H,2-3,5-6,13H2,1H3/b7-4-,14-8?. The fraction of sp³-hybridized carbons (Fsp3) is 0.667. The maximum Gasteiger partial charge on any atom is 0.412 e. The number of hydrogen-bond acceptors (Lipinski definition) is 3. The van der Waals surface area contributed by atoms with E-state index >= 15 is 0 Å². The third kappa shape index (κ3) is 6.96. The first kappa shape index (κ1) is 14.0. The van der Waals surface area contributed by atoms with Crippen LogP contribution in [0.5, 0.6) is 0 Å². The van der Waals surface area contributed by atoms with Crippen molar-refractivity contribution in [3.8, 4) is 0 Å². The highest BCUT2D eigenvalue weighted by molar-refractivity contribution is 5.74. The van der Waals surface area contributed by atoms with E-state index in [0.717, 1.165) is 13.0 Å². The van der Waals surface area contributed by atoms with E-state index in [0.29, 0.717) is 6.42 Å². The first-order chi connectivity index (χ1) is 6.88. The molecule has 0 atom stereocenters.